The number of halogens is 3. The number of ether oxygens (including phenoxy) is 1. The molecule has 0 amide bonds. The summed E-state index contributed by atoms with van der Waals surface area (Å²) < 4.78 is 36.6. The van der Waals surface area contributed by atoms with Crippen molar-refractivity contribution < 1.29 is 27.8 Å². The minimum absolute atomic E-state index is 2.14. The third kappa shape index (κ3) is 3.63. The van der Waals surface area contributed by atoms with Crippen molar-refractivity contribution in [2.75, 3.05) is 6.67 Å². The van der Waals surface area contributed by atoms with Crippen LogP contribution in [0, 0.1) is 0 Å². The Balaban J connectivity index is 3.71. The molecule has 0 aliphatic rings. The minimum Gasteiger partial charge on any atom is -0.450 e. The van der Waals surface area contributed by atoms with Crippen molar-refractivity contribution in [1.82, 2.24) is 0 Å². The van der Waals surface area contributed by atoms with Crippen LogP contribution >= 0.6 is 0 Å². The van der Waals surface area contributed by atoms with Gasteiger partial charge in [0.15, 0.2) is 6.67 Å². The lowest BCUT2D eigenvalue weighted by Crippen LogP contribution is -2.26. The average Bonchev–Trinajstić information content (AvgIpc) is 1.63. The molecule has 0 aromatic heterocycles. The molecule has 0 fully saturated rings. The molecule has 0 bridgehead atoms. The fourth-order valence-electron chi connectivity index (χ4n) is 0.155. The van der Waals surface area contributed by atoms with Gasteiger partial charge in [0.1, 0.15) is 0 Å². The highest BCUT2D eigenvalue weighted by molar-refractivity contribution is 5.57. The molecule has 0 unspecified atom stereocenters. The molecule has 54 valence electrons. The summed E-state index contributed by atoms with van der Waals surface area (Å²) in [7, 11) is 0. The molecule has 0 aromatic rings. The van der Waals surface area contributed by atoms with E-state index in [1.54, 1.807) is 0 Å². The Morgan fingerprint density at radius 1 is 1.67 bits per heavy atom. The van der Waals surface area contributed by atoms with Crippen molar-refractivity contribution >= 4 is 6.16 Å². The van der Waals surface area contributed by atoms with Crippen molar-refractivity contribution in [3.05, 3.63) is 0 Å². The first kappa shape index (κ1) is 8.06. The monoisotopic (exact) mass is 144 g/mol. The van der Waals surface area contributed by atoms with Gasteiger partial charge in [0.05, 0.1) is 0 Å². The molecule has 0 atom stereocenters. The Hall–Kier alpha value is -0.940. The highest BCUT2D eigenvalue weighted by atomic mass is 19.3. The SMILES string of the molecule is O=C(O)OC(F)(F)CF. The molecule has 1 N–H and O–H groups in total. The maximum absolute atomic E-state index is 11.4. The van der Waals surface area contributed by atoms with Crippen molar-refractivity contribution in [3.8, 4) is 0 Å². The van der Waals surface area contributed by atoms with Crippen molar-refractivity contribution in [2.45, 2.75) is 6.11 Å². The molecule has 0 radical (unpaired) electrons. The highest BCUT2D eigenvalue weighted by Crippen LogP contribution is 2.14. The van der Waals surface area contributed by atoms with E-state index >= 15 is 0 Å². The van der Waals surface area contributed by atoms with Gasteiger partial charge in [0.25, 0.3) is 0 Å². The Labute approximate surface area is 48.0 Å². The van der Waals surface area contributed by atoms with Crippen LogP contribution in [0.1, 0.15) is 0 Å². The molecular weight excluding hydrogens is 141 g/mol. The number of carbonyl (C=O) groups is 1. The number of rotatable bonds is 2. The molecule has 3 nitrogen and oxygen atoms in total. The van der Waals surface area contributed by atoms with E-state index in [0.717, 1.165) is 0 Å². The van der Waals surface area contributed by atoms with Crippen molar-refractivity contribution in [3.63, 3.8) is 0 Å². The summed E-state index contributed by atoms with van der Waals surface area (Å²) in [6.45, 7) is -2.14. The summed E-state index contributed by atoms with van der Waals surface area (Å²) in [6.07, 6.45) is -6.40. The summed E-state index contributed by atoms with van der Waals surface area (Å²) in [6, 6.07) is 0. The van der Waals surface area contributed by atoms with Crippen LogP contribution in [0.25, 0.3) is 0 Å². The van der Waals surface area contributed by atoms with Gasteiger partial charge in [-0.15, -0.1) is 0 Å². The second-order valence-electron chi connectivity index (χ2n) is 1.14. The van der Waals surface area contributed by atoms with E-state index in [2.05, 4.69) is 4.74 Å². The topological polar surface area (TPSA) is 46.5 Å². The second kappa shape index (κ2) is 2.56. The largest absolute Gasteiger partial charge is 0.510 e. The molecule has 0 rings (SSSR count). The van der Waals surface area contributed by atoms with E-state index in [9.17, 15) is 18.0 Å². The van der Waals surface area contributed by atoms with Crippen molar-refractivity contribution in [1.29, 1.82) is 0 Å². The predicted molar refractivity (Wildman–Crippen MR) is 20.0 cm³/mol. The summed E-state index contributed by atoms with van der Waals surface area (Å²) >= 11 is 0. The Morgan fingerprint density at radius 2 is 2.11 bits per heavy atom. The number of carboxylic acid groups (broad SMARTS) is 1. The maximum Gasteiger partial charge on any atom is 0.510 e. The third-order valence-corrected chi connectivity index (χ3v) is 0.392. The van der Waals surface area contributed by atoms with Crippen LogP contribution in [0.4, 0.5) is 18.0 Å². The van der Waals surface area contributed by atoms with Crippen LogP contribution in [-0.2, 0) is 4.74 Å². The Morgan fingerprint density at radius 3 is 2.22 bits per heavy atom. The van der Waals surface area contributed by atoms with E-state index in [4.69, 9.17) is 5.11 Å². The van der Waals surface area contributed by atoms with Gasteiger partial charge in [-0.2, -0.15) is 8.78 Å². The van der Waals surface area contributed by atoms with Crippen LogP contribution < -0.4 is 0 Å². The van der Waals surface area contributed by atoms with E-state index in [0.29, 0.717) is 0 Å². The fourth-order valence-corrected chi connectivity index (χ4v) is 0.155. The smallest absolute Gasteiger partial charge is 0.450 e. The highest BCUT2D eigenvalue weighted by Gasteiger charge is 2.33. The maximum atomic E-state index is 11.4. The number of hydrogen-bond donors (Lipinski definition) is 1. The molecule has 9 heavy (non-hydrogen) atoms. The van der Waals surface area contributed by atoms with E-state index in [-0.39, 0.29) is 0 Å². The van der Waals surface area contributed by atoms with E-state index in [1.807, 2.05) is 0 Å². The molecule has 0 aliphatic heterocycles. The lowest BCUT2D eigenvalue weighted by Gasteiger charge is -2.08. The molecule has 6 heteroatoms. The summed E-state index contributed by atoms with van der Waals surface area (Å²) in [4.78, 5) is 9.30. The first-order valence-corrected chi connectivity index (χ1v) is 1.83. The van der Waals surface area contributed by atoms with Gasteiger partial charge in [-0.3, -0.25) is 0 Å². The van der Waals surface area contributed by atoms with Gasteiger partial charge < -0.3 is 9.84 Å². The number of alkyl halides is 3. The van der Waals surface area contributed by atoms with E-state index < -0.39 is 18.9 Å². The Kier molecular flexibility index (Phi) is 2.29. The third-order valence-electron chi connectivity index (χ3n) is 0.392. The lowest BCUT2D eigenvalue weighted by atomic mass is 10.7. The van der Waals surface area contributed by atoms with Gasteiger partial charge in [-0.25, -0.2) is 9.18 Å². The first-order chi connectivity index (χ1) is 3.98. The molecule has 0 heterocycles. The molecule has 0 aliphatic carbocycles. The molecule has 0 saturated carbocycles. The lowest BCUT2D eigenvalue weighted by molar-refractivity contribution is -0.216. The Bertz CT molecular complexity index is 113. The molecule has 0 spiro atoms. The van der Waals surface area contributed by atoms with Gasteiger partial charge in [0.2, 0.25) is 0 Å². The van der Waals surface area contributed by atoms with Gasteiger partial charge in [-0.1, -0.05) is 0 Å². The second-order valence-corrected chi connectivity index (χ2v) is 1.14. The van der Waals surface area contributed by atoms with Crippen molar-refractivity contribution in [2.24, 2.45) is 0 Å². The van der Waals surface area contributed by atoms with Crippen LogP contribution in [-0.4, -0.2) is 24.0 Å². The number of hydrogen-bond acceptors (Lipinski definition) is 2. The fraction of sp³-hybridized carbons (Fsp3) is 0.667. The normalized spacial score (nSPS) is 11.0. The standard InChI is InChI=1S/C3H3F3O3/c4-1-3(5,6)9-2(7)8/h1H2,(H,7,8). The molecular formula is C3H3F3O3. The zero-order valence-electron chi connectivity index (χ0n) is 4.10. The minimum atomic E-state index is -4.20. The van der Waals surface area contributed by atoms with Gasteiger partial charge >= 0.3 is 12.3 Å². The van der Waals surface area contributed by atoms with Gasteiger partial charge in [-0.05, 0) is 0 Å². The first-order valence-electron chi connectivity index (χ1n) is 1.83. The molecule has 0 aromatic carbocycles. The molecule has 0 saturated heterocycles. The summed E-state index contributed by atoms with van der Waals surface area (Å²) in [5.41, 5.74) is 0. The summed E-state index contributed by atoms with van der Waals surface area (Å²) in [5.74, 6) is 0. The van der Waals surface area contributed by atoms with Crippen LogP contribution in [0.15, 0.2) is 0 Å². The summed E-state index contributed by atoms with van der Waals surface area (Å²) in [5, 5.41) is 7.51. The van der Waals surface area contributed by atoms with Crippen LogP contribution in [0.2, 0.25) is 0 Å². The van der Waals surface area contributed by atoms with Crippen LogP contribution in [0.5, 0.6) is 0 Å². The zero-order chi connectivity index (χ0) is 7.49. The van der Waals surface area contributed by atoms with E-state index in [1.165, 1.54) is 0 Å². The quantitative estimate of drug-likeness (QED) is 0.593. The van der Waals surface area contributed by atoms with Gasteiger partial charge in [0, 0.05) is 0 Å². The van der Waals surface area contributed by atoms with Crippen LogP contribution in [0.3, 0.4) is 0 Å². The average molecular weight is 144 g/mol. The zero-order valence-corrected chi connectivity index (χ0v) is 4.10. The predicted octanol–water partition coefficient (Wildman–Crippen LogP) is 1.24.